The van der Waals surface area contributed by atoms with Gasteiger partial charge in [0.25, 0.3) is 0 Å². The number of rotatable bonds is 5. The van der Waals surface area contributed by atoms with E-state index in [4.69, 9.17) is 16.9 Å². The predicted molar refractivity (Wildman–Crippen MR) is 66.8 cm³/mol. The minimum atomic E-state index is -0.370. The summed E-state index contributed by atoms with van der Waals surface area (Å²) in [7, 11) is 0. The van der Waals surface area contributed by atoms with Crippen LogP contribution in [0, 0.1) is 5.41 Å². The highest BCUT2D eigenvalue weighted by Crippen LogP contribution is 2.22. The molecule has 1 aromatic rings. The van der Waals surface area contributed by atoms with Crippen LogP contribution in [-0.2, 0) is 4.79 Å². The maximum atomic E-state index is 10.9. The van der Waals surface area contributed by atoms with Gasteiger partial charge in [0, 0.05) is 12.8 Å². The van der Waals surface area contributed by atoms with Gasteiger partial charge in [-0.25, -0.2) is 0 Å². The summed E-state index contributed by atoms with van der Waals surface area (Å²) in [4.78, 5) is 10.9. The van der Waals surface area contributed by atoms with E-state index in [2.05, 4.69) is 0 Å². The molecule has 0 bridgehead atoms. The second kappa shape index (κ2) is 6.85. The zero-order valence-electron chi connectivity index (χ0n) is 8.85. The van der Waals surface area contributed by atoms with Gasteiger partial charge in [0.15, 0.2) is 0 Å². The zero-order valence-corrected chi connectivity index (χ0v) is 9.67. The minimum absolute atomic E-state index is 0. The van der Waals surface area contributed by atoms with Crippen molar-refractivity contribution in [3.63, 3.8) is 0 Å². The van der Waals surface area contributed by atoms with Crippen LogP contribution in [0.25, 0.3) is 0 Å². The molecule has 0 radical (unpaired) electrons. The van der Waals surface area contributed by atoms with Gasteiger partial charge in [-0.2, -0.15) is 0 Å². The van der Waals surface area contributed by atoms with Crippen LogP contribution in [0.1, 0.15) is 24.3 Å². The standard InChI is InChI=1S/C11H15N3O.ClH/c12-10(13)6-9(7-11(14)15)8-4-2-1-3-5-8;/h1-5,9H,6-7H2,(H3,12,13)(H2,14,15);1H. The molecule has 1 amide bonds. The smallest absolute Gasteiger partial charge is 0.218 e. The molecule has 0 aliphatic carbocycles. The number of primary amides is 1. The van der Waals surface area contributed by atoms with Gasteiger partial charge in [-0.15, -0.1) is 12.4 Å². The van der Waals surface area contributed by atoms with Gasteiger partial charge >= 0.3 is 0 Å². The van der Waals surface area contributed by atoms with Gasteiger partial charge in [-0.1, -0.05) is 30.3 Å². The topological polar surface area (TPSA) is 93.0 Å². The van der Waals surface area contributed by atoms with Crippen molar-refractivity contribution in [3.05, 3.63) is 35.9 Å². The third-order valence-electron chi connectivity index (χ3n) is 2.18. The van der Waals surface area contributed by atoms with Crippen LogP contribution in [0.5, 0.6) is 0 Å². The fraction of sp³-hybridized carbons (Fsp3) is 0.273. The average Bonchev–Trinajstić information content (AvgIpc) is 2.17. The van der Waals surface area contributed by atoms with Gasteiger partial charge in [0.1, 0.15) is 0 Å². The van der Waals surface area contributed by atoms with Crippen LogP contribution >= 0.6 is 12.4 Å². The number of nitrogens with two attached hydrogens (primary N) is 2. The molecule has 0 fully saturated rings. The second-order valence-electron chi connectivity index (χ2n) is 3.51. The molecule has 0 spiro atoms. The molecule has 0 aliphatic rings. The molecule has 5 N–H and O–H groups in total. The molecule has 0 heterocycles. The zero-order chi connectivity index (χ0) is 11.3. The normalized spacial score (nSPS) is 11.2. The predicted octanol–water partition coefficient (Wildman–Crippen LogP) is 1.39. The fourth-order valence-corrected chi connectivity index (χ4v) is 1.54. The second-order valence-corrected chi connectivity index (χ2v) is 3.51. The van der Waals surface area contributed by atoms with E-state index in [1.165, 1.54) is 0 Å². The minimum Gasteiger partial charge on any atom is -0.388 e. The molecular weight excluding hydrogens is 226 g/mol. The molecule has 1 aromatic carbocycles. The van der Waals surface area contributed by atoms with E-state index in [9.17, 15) is 4.79 Å². The number of hydrogen-bond acceptors (Lipinski definition) is 2. The van der Waals surface area contributed by atoms with Crippen molar-refractivity contribution < 1.29 is 4.79 Å². The van der Waals surface area contributed by atoms with Crippen molar-refractivity contribution in [2.45, 2.75) is 18.8 Å². The summed E-state index contributed by atoms with van der Waals surface area (Å²) in [5.74, 6) is -0.378. The van der Waals surface area contributed by atoms with Crippen LogP contribution in [0.3, 0.4) is 0 Å². The Labute approximate surface area is 101 Å². The summed E-state index contributed by atoms with van der Waals surface area (Å²) in [5.41, 5.74) is 11.5. The van der Waals surface area contributed by atoms with Crippen molar-refractivity contribution in [3.8, 4) is 0 Å². The largest absolute Gasteiger partial charge is 0.388 e. The third kappa shape index (κ3) is 4.79. The SMILES string of the molecule is Cl.N=C(N)CC(CC(N)=O)c1ccccc1. The summed E-state index contributed by atoms with van der Waals surface area (Å²) in [6.07, 6.45) is 0.594. The lowest BCUT2D eigenvalue weighted by molar-refractivity contribution is -0.118. The third-order valence-corrected chi connectivity index (χ3v) is 2.18. The molecule has 4 nitrogen and oxygen atoms in total. The lowest BCUT2D eigenvalue weighted by atomic mass is 9.92. The Morgan fingerprint density at radius 3 is 2.19 bits per heavy atom. The first-order chi connectivity index (χ1) is 7.09. The first kappa shape index (κ1) is 14.5. The van der Waals surface area contributed by atoms with Crippen LogP contribution in [-0.4, -0.2) is 11.7 Å². The maximum absolute atomic E-state index is 10.9. The van der Waals surface area contributed by atoms with Gasteiger partial charge in [-0.05, 0) is 11.5 Å². The first-order valence-corrected chi connectivity index (χ1v) is 4.75. The van der Waals surface area contributed by atoms with Gasteiger partial charge in [0.2, 0.25) is 5.91 Å². The van der Waals surface area contributed by atoms with Gasteiger partial charge < -0.3 is 11.5 Å². The summed E-state index contributed by atoms with van der Waals surface area (Å²) in [5, 5.41) is 7.24. The Kier molecular flexibility index (Phi) is 6.18. The number of amidine groups is 1. The average molecular weight is 242 g/mol. The monoisotopic (exact) mass is 241 g/mol. The van der Waals surface area contributed by atoms with Crippen LogP contribution in [0.4, 0.5) is 0 Å². The number of nitrogens with one attached hydrogen (secondary N) is 1. The Balaban J connectivity index is 0.00000225. The van der Waals surface area contributed by atoms with Crippen molar-refractivity contribution >= 4 is 24.1 Å². The van der Waals surface area contributed by atoms with E-state index in [-0.39, 0.29) is 36.5 Å². The number of hydrogen-bond donors (Lipinski definition) is 3. The number of carbonyl (C=O) groups is 1. The Bertz CT molecular complexity index is 338. The van der Waals surface area contributed by atoms with Crippen LogP contribution in [0.15, 0.2) is 30.3 Å². The molecule has 0 saturated heterocycles. The number of amides is 1. The molecular formula is C11H16ClN3O. The molecule has 0 aliphatic heterocycles. The molecule has 88 valence electrons. The number of halogens is 1. The van der Waals surface area contributed by atoms with E-state index < -0.39 is 0 Å². The van der Waals surface area contributed by atoms with Gasteiger partial charge in [-0.3, -0.25) is 10.2 Å². The van der Waals surface area contributed by atoms with E-state index in [1.807, 2.05) is 30.3 Å². The Hall–Kier alpha value is -1.55. The lowest BCUT2D eigenvalue weighted by Crippen LogP contribution is -2.20. The molecule has 16 heavy (non-hydrogen) atoms. The van der Waals surface area contributed by atoms with E-state index in [1.54, 1.807) is 0 Å². The lowest BCUT2D eigenvalue weighted by Gasteiger charge is -2.14. The highest BCUT2D eigenvalue weighted by Gasteiger charge is 2.15. The van der Waals surface area contributed by atoms with Gasteiger partial charge in [0.05, 0.1) is 5.84 Å². The molecule has 1 atom stereocenters. The van der Waals surface area contributed by atoms with Crippen molar-refractivity contribution in [2.75, 3.05) is 0 Å². The van der Waals surface area contributed by atoms with Crippen LogP contribution < -0.4 is 11.5 Å². The van der Waals surface area contributed by atoms with E-state index in [0.717, 1.165) is 5.56 Å². The van der Waals surface area contributed by atoms with Crippen molar-refractivity contribution in [2.24, 2.45) is 11.5 Å². The quantitative estimate of drug-likeness (QED) is 0.537. The highest BCUT2D eigenvalue weighted by atomic mass is 35.5. The Morgan fingerprint density at radius 2 is 1.75 bits per heavy atom. The summed E-state index contributed by atoms with van der Waals surface area (Å²) < 4.78 is 0. The van der Waals surface area contributed by atoms with Crippen LogP contribution in [0.2, 0.25) is 0 Å². The number of benzene rings is 1. The maximum Gasteiger partial charge on any atom is 0.218 e. The highest BCUT2D eigenvalue weighted by molar-refractivity contribution is 5.85. The molecule has 0 aromatic heterocycles. The summed E-state index contributed by atoms with van der Waals surface area (Å²) >= 11 is 0. The molecule has 1 unspecified atom stereocenters. The van der Waals surface area contributed by atoms with Crippen molar-refractivity contribution in [1.82, 2.24) is 0 Å². The number of carbonyl (C=O) groups excluding carboxylic acids is 1. The van der Waals surface area contributed by atoms with E-state index >= 15 is 0 Å². The van der Waals surface area contributed by atoms with E-state index in [0.29, 0.717) is 6.42 Å². The summed E-state index contributed by atoms with van der Waals surface area (Å²) in [6.45, 7) is 0. The molecule has 1 rings (SSSR count). The fourth-order valence-electron chi connectivity index (χ4n) is 1.54. The Morgan fingerprint density at radius 1 is 1.19 bits per heavy atom. The molecule has 5 heteroatoms. The molecule has 0 saturated carbocycles. The van der Waals surface area contributed by atoms with Crippen molar-refractivity contribution in [1.29, 1.82) is 5.41 Å². The first-order valence-electron chi connectivity index (χ1n) is 4.75. The summed E-state index contributed by atoms with van der Waals surface area (Å²) in [6, 6.07) is 9.51.